The number of phenols is 1. The summed E-state index contributed by atoms with van der Waals surface area (Å²) in [7, 11) is 1.39. The summed E-state index contributed by atoms with van der Waals surface area (Å²) in [6.45, 7) is 9.40. The number of oxime groups is 1. The maximum absolute atomic E-state index is 12.0. The number of carbonyl (C=O) groups excluding carboxylic acids is 1. The number of hydrogen-bond acceptors (Lipinski definition) is 4. The zero-order valence-corrected chi connectivity index (χ0v) is 12.4. The minimum absolute atomic E-state index is 0.109. The Morgan fingerprint density at radius 2 is 1.63 bits per heavy atom. The van der Waals surface area contributed by atoms with Gasteiger partial charge in [0.25, 0.3) is 0 Å². The first-order valence-electron chi connectivity index (χ1n) is 6.30. The zero-order valence-electron chi connectivity index (χ0n) is 12.4. The van der Waals surface area contributed by atoms with Crippen LogP contribution in [0.15, 0.2) is 5.16 Å². The predicted molar refractivity (Wildman–Crippen MR) is 75.9 cm³/mol. The van der Waals surface area contributed by atoms with Crippen molar-refractivity contribution in [3.63, 3.8) is 0 Å². The molecule has 0 saturated carbocycles. The van der Waals surface area contributed by atoms with Crippen molar-refractivity contribution in [1.82, 2.24) is 0 Å². The Labute approximate surface area is 114 Å². The number of hydrogen-bond donors (Lipinski definition) is 1. The molecule has 1 aromatic carbocycles. The van der Waals surface area contributed by atoms with Crippen molar-refractivity contribution in [2.75, 3.05) is 7.11 Å². The minimum Gasteiger partial charge on any atom is -0.507 e. The molecule has 0 saturated heterocycles. The molecule has 0 aliphatic heterocycles. The molecule has 0 aromatic heterocycles. The molecule has 0 aliphatic rings. The lowest BCUT2D eigenvalue weighted by Gasteiger charge is -2.17. The fraction of sp³-hybridized carbons (Fsp3) is 0.467. The predicted octanol–water partition coefficient (Wildman–Crippen LogP) is 2.96. The Hall–Kier alpha value is -1.84. The third kappa shape index (κ3) is 2.62. The largest absolute Gasteiger partial charge is 0.507 e. The number of Topliss-reactive ketones (excluding diaryl/α,β-unsaturated/α-hetero) is 1. The van der Waals surface area contributed by atoms with Crippen LogP contribution in [0.3, 0.4) is 0 Å². The number of nitrogens with zero attached hydrogens (tertiary/aromatic N) is 1. The van der Waals surface area contributed by atoms with Crippen LogP contribution in [0.2, 0.25) is 0 Å². The highest BCUT2D eigenvalue weighted by Gasteiger charge is 2.23. The van der Waals surface area contributed by atoms with E-state index in [4.69, 9.17) is 4.84 Å². The molecular formula is C15H21NO3. The molecule has 19 heavy (non-hydrogen) atoms. The van der Waals surface area contributed by atoms with Crippen LogP contribution in [0.4, 0.5) is 0 Å². The van der Waals surface area contributed by atoms with Crippen LogP contribution in [0.25, 0.3) is 0 Å². The molecule has 0 atom stereocenters. The smallest absolute Gasteiger partial charge is 0.185 e. The van der Waals surface area contributed by atoms with Gasteiger partial charge in [0.05, 0.1) is 5.56 Å². The first-order valence-corrected chi connectivity index (χ1v) is 6.30. The van der Waals surface area contributed by atoms with E-state index in [0.29, 0.717) is 12.0 Å². The molecule has 4 heteroatoms. The van der Waals surface area contributed by atoms with Crippen LogP contribution in [-0.4, -0.2) is 23.7 Å². The number of phenolic OH excluding ortho intramolecular Hbond substituents is 1. The van der Waals surface area contributed by atoms with E-state index in [1.54, 1.807) is 6.92 Å². The Kier molecular flexibility index (Phi) is 4.70. The lowest BCUT2D eigenvalue weighted by Crippen LogP contribution is -2.18. The van der Waals surface area contributed by atoms with Gasteiger partial charge in [-0.25, -0.2) is 0 Å². The average molecular weight is 263 g/mol. The van der Waals surface area contributed by atoms with E-state index in [2.05, 4.69) is 5.16 Å². The van der Waals surface area contributed by atoms with Crippen LogP contribution >= 0.6 is 0 Å². The molecule has 1 aromatic rings. The first-order chi connectivity index (χ1) is 8.86. The number of carbonyl (C=O) groups is 1. The van der Waals surface area contributed by atoms with Gasteiger partial charge in [0, 0.05) is 6.42 Å². The number of benzene rings is 1. The SMILES string of the molecule is CCC(=O)/C(=N\OC)c1c(C)c(C)c(C)c(C)c1O. The lowest BCUT2D eigenvalue weighted by molar-refractivity contribution is -0.112. The summed E-state index contributed by atoms with van der Waals surface area (Å²) in [6.07, 6.45) is 0.313. The van der Waals surface area contributed by atoms with Crippen molar-refractivity contribution in [1.29, 1.82) is 0 Å². The summed E-state index contributed by atoms with van der Waals surface area (Å²) in [5.74, 6) is -0.0406. The topological polar surface area (TPSA) is 58.9 Å². The fourth-order valence-electron chi connectivity index (χ4n) is 2.08. The highest BCUT2D eigenvalue weighted by Crippen LogP contribution is 2.32. The van der Waals surface area contributed by atoms with Gasteiger partial charge in [0.2, 0.25) is 0 Å². The molecular weight excluding hydrogens is 242 g/mol. The van der Waals surface area contributed by atoms with Crippen LogP contribution in [-0.2, 0) is 9.63 Å². The van der Waals surface area contributed by atoms with E-state index in [1.165, 1.54) is 7.11 Å². The molecule has 1 N–H and O–H groups in total. The second-order valence-electron chi connectivity index (χ2n) is 4.62. The molecule has 0 amide bonds. The van der Waals surface area contributed by atoms with Gasteiger partial charge < -0.3 is 9.94 Å². The van der Waals surface area contributed by atoms with Crippen molar-refractivity contribution in [3.05, 3.63) is 27.8 Å². The average Bonchev–Trinajstić information content (AvgIpc) is 2.41. The van der Waals surface area contributed by atoms with Gasteiger partial charge in [0.1, 0.15) is 12.9 Å². The van der Waals surface area contributed by atoms with Gasteiger partial charge in [-0.1, -0.05) is 12.1 Å². The van der Waals surface area contributed by atoms with E-state index in [0.717, 1.165) is 22.3 Å². The molecule has 104 valence electrons. The second kappa shape index (κ2) is 5.87. The third-order valence-electron chi connectivity index (χ3n) is 3.66. The highest BCUT2D eigenvalue weighted by molar-refractivity contribution is 6.47. The molecule has 0 unspecified atom stereocenters. The number of rotatable bonds is 4. The van der Waals surface area contributed by atoms with Crippen molar-refractivity contribution < 1.29 is 14.7 Å². The van der Waals surface area contributed by atoms with Gasteiger partial charge >= 0.3 is 0 Å². The highest BCUT2D eigenvalue weighted by atomic mass is 16.6. The van der Waals surface area contributed by atoms with E-state index in [-0.39, 0.29) is 17.2 Å². The zero-order chi connectivity index (χ0) is 14.7. The van der Waals surface area contributed by atoms with Gasteiger partial charge in [-0.2, -0.15) is 0 Å². The monoisotopic (exact) mass is 263 g/mol. The summed E-state index contributed by atoms with van der Waals surface area (Å²) in [5, 5.41) is 14.1. The van der Waals surface area contributed by atoms with Gasteiger partial charge in [-0.3, -0.25) is 4.79 Å². The maximum Gasteiger partial charge on any atom is 0.185 e. The lowest BCUT2D eigenvalue weighted by atomic mass is 9.89. The van der Waals surface area contributed by atoms with E-state index >= 15 is 0 Å². The number of ketones is 1. The molecule has 0 fully saturated rings. The second-order valence-corrected chi connectivity index (χ2v) is 4.62. The minimum atomic E-state index is -0.150. The molecule has 0 heterocycles. The fourth-order valence-corrected chi connectivity index (χ4v) is 2.08. The number of aromatic hydroxyl groups is 1. The Balaban J connectivity index is 3.66. The summed E-state index contributed by atoms with van der Waals surface area (Å²) in [4.78, 5) is 16.7. The maximum atomic E-state index is 12.0. The first kappa shape index (κ1) is 15.2. The summed E-state index contributed by atoms with van der Waals surface area (Å²) < 4.78 is 0. The van der Waals surface area contributed by atoms with Crippen LogP contribution in [0.5, 0.6) is 5.75 Å². The Morgan fingerprint density at radius 3 is 2.11 bits per heavy atom. The van der Waals surface area contributed by atoms with Gasteiger partial charge in [0.15, 0.2) is 11.5 Å². The quantitative estimate of drug-likeness (QED) is 0.671. The van der Waals surface area contributed by atoms with Gasteiger partial charge in [-0.15, -0.1) is 0 Å². The van der Waals surface area contributed by atoms with Crippen LogP contribution in [0.1, 0.15) is 41.2 Å². The summed E-state index contributed by atoms with van der Waals surface area (Å²) in [5.41, 5.74) is 4.38. The normalized spacial score (nSPS) is 11.6. The van der Waals surface area contributed by atoms with E-state index in [1.807, 2.05) is 27.7 Å². The Morgan fingerprint density at radius 1 is 1.11 bits per heavy atom. The molecule has 1 rings (SSSR count). The van der Waals surface area contributed by atoms with Crippen molar-refractivity contribution in [2.24, 2.45) is 5.16 Å². The van der Waals surface area contributed by atoms with E-state index in [9.17, 15) is 9.90 Å². The molecule has 0 bridgehead atoms. The molecule has 0 radical (unpaired) electrons. The van der Waals surface area contributed by atoms with Crippen molar-refractivity contribution in [2.45, 2.75) is 41.0 Å². The van der Waals surface area contributed by atoms with Crippen molar-refractivity contribution in [3.8, 4) is 5.75 Å². The van der Waals surface area contributed by atoms with Crippen LogP contribution in [0, 0.1) is 27.7 Å². The van der Waals surface area contributed by atoms with Gasteiger partial charge in [-0.05, 0) is 49.9 Å². The summed E-state index contributed by atoms with van der Waals surface area (Å²) in [6, 6.07) is 0. The van der Waals surface area contributed by atoms with E-state index < -0.39 is 0 Å². The molecule has 0 spiro atoms. The van der Waals surface area contributed by atoms with Crippen LogP contribution < -0.4 is 0 Å². The summed E-state index contributed by atoms with van der Waals surface area (Å²) >= 11 is 0. The molecule has 4 nitrogen and oxygen atoms in total. The standard InChI is InChI=1S/C15H21NO3/c1-7-12(17)14(16-19-6)13-10(4)8(2)9(3)11(5)15(13)18/h18H,7H2,1-6H3/b16-14+. The third-order valence-corrected chi connectivity index (χ3v) is 3.66. The van der Waals surface area contributed by atoms with Crippen molar-refractivity contribution >= 4 is 11.5 Å². The molecule has 0 aliphatic carbocycles. The Bertz CT molecular complexity index is 516.